The number of phenolic OH excluding ortho intramolecular Hbond substituents is 1. The minimum absolute atomic E-state index is 0.0630. The monoisotopic (exact) mass is 595 g/mol. The summed E-state index contributed by atoms with van der Waals surface area (Å²) in [5.74, 6) is 0.0646. The molecule has 5 rings (SSSR count). The number of phenols is 1. The lowest BCUT2D eigenvalue weighted by atomic mass is 9.65. The number of aromatic hydroxyl groups is 1. The Hall–Kier alpha value is -3.66. The summed E-state index contributed by atoms with van der Waals surface area (Å²) in [6, 6.07) is 6.73. The molecule has 2 heterocycles. The summed E-state index contributed by atoms with van der Waals surface area (Å²) in [5, 5.41) is 16.7. The number of unbranched alkanes of at least 4 members (excludes halogenated alkanes) is 8. The summed E-state index contributed by atoms with van der Waals surface area (Å²) < 4.78 is 22.5. The fraction of sp³-hybridized carbons (Fsp3) is 0.576. The van der Waals surface area contributed by atoms with Crippen LogP contribution < -0.4 is 30.6 Å². The summed E-state index contributed by atoms with van der Waals surface area (Å²) in [6.45, 7) is 3.47. The van der Waals surface area contributed by atoms with Crippen molar-refractivity contribution in [3.8, 4) is 23.0 Å². The molecule has 3 aliphatic rings. The third-order valence-electron chi connectivity index (χ3n) is 9.01. The van der Waals surface area contributed by atoms with E-state index in [4.69, 9.17) is 24.7 Å². The van der Waals surface area contributed by atoms with E-state index in [9.17, 15) is 14.7 Å². The molecule has 1 aliphatic carbocycles. The van der Waals surface area contributed by atoms with Crippen LogP contribution in [0, 0.1) is 18.8 Å². The molecule has 0 saturated carbocycles. The molecule has 0 spiro atoms. The van der Waals surface area contributed by atoms with Gasteiger partial charge < -0.3 is 40.4 Å². The first-order chi connectivity index (χ1) is 20.9. The van der Waals surface area contributed by atoms with Crippen LogP contribution in [0.4, 0.5) is 4.79 Å². The van der Waals surface area contributed by atoms with E-state index in [1.54, 1.807) is 13.0 Å². The maximum Gasteiger partial charge on any atom is 0.315 e. The second kappa shape index (κ2) is 14.2. The van der Waals surface area contributed by atoms with Crippen molar-refractivity contribution >= 4 is 12.0 Å². The number of aryl methyl sites for hydroxylation is 1. The van der Waals surface area contributed by atoms with Gasteiger partial charge in [-0.15, -0.1) is 0 Å². The number of ether oxygens (including phenoxy) is 4. The van der Waals surface area contributed by atoms with Crippen molar-refractivity contribution in [3.05, 3.63) is 46.5 Å². The van der Waals surface area contributed by atoms with Crippen molar-refractivity contribution < 1.29 is 33.6 Å². The molecule has 1 unspecified atom stereocenters. The van der Waals surface area contributed by atoms with Gasteiger partial charge in [0.2, 0.25) is 6.79 Å². The Labute approximate surface area is 253 Å². The van der Waals surface area contributed by atoms with Crippen molar-refractivity contribution in [1.29, 1.82) is 0 Å². The fourth-order valence-electron chi connectivity index (χ4n) is 6.76. The normalized spacial score (nSPS) is 21.6. The van der Waals surface area contributed by atoms with Crippen LogP contribution in [0.5, 0.6) is 23.0 Å². The Morgan fingerprint density at radius 1 is 0.953 bits per heavy atom. The molecule has 43 heavy (non-hydrogen) atoms. The van der Waals surface area contributed by atoms with Gasteiger partial charge in [0.25, 0.3) is 0 Å². The maximum atomic E-state index is 13.3. The van der Waals surface area contributed by atoms with Gasteiger partial charge in [0.05, 0.1) is 25.7 Å². The molecule has 0 bridgehead atoms. The average molecular weight is 596 g/mol. The smallest absolute Gasteiger partial charge is 0.315 e. The second-order valence-electron chi connectivity index (χ2n) is 11.9. The zero-order valence-electron chi connectivity index (χ0n) is 25.3. The first-order valence-electron chi connectivity index (χ1n) is 15.6. The first-order valence-corrected chi connectivity index (χ1v) is 15.6. The van der Waals surface area contributed by atoms with Gasteiger partial charge in [-0.05, 0) is 66.8 Å². The largest absolute Gasteiger partial charge is 0.504 e. The highest BCUT2D eigenvalue weighted by molar-refractivity contribution is 5.80. The number of rotatable bonds is 14. The summed E-state index contributed by atoms with van der Waals surface area (Å²) in [4.78, 5) is 26.4. The lowest BCUT2D eigenvalue weighted by molar-refractivity contribution is -0.141. The number of esters is 1. The van der Waals surface area contributed by atoms with Gasteiger partial charge in [-0.2, -0.15) is 0 Å². The lowest BCUT2D eigenvalue weighted by Crippen LogP contribution is -2.46. The quantitative estimate of drug-likeness (QED) is 0.173. The Bertz CT molecular complexity index is 1300. The number of nitrogens with one attached hydrogen (secondary N) is 2. The maximum absolute atomic E-state index is 13.3. The van der Waals surface area contributed by atoms with E-state index >= 15 is 0 Å². The van der Waals surface area contributed by atoms with E-state index in [1.807, 2.05) is 18.2 Å². The predicted molar refractivity (Wildman–Crippen MR) is 162 cm³/mol. The van der Waals surface area contributed by atoms with E-state index < -0.39 is 12.0 Å². The second-order valence-corrected chi connectivity index (χ2v) is 11.9. The molecule has 2 aromatic carbocycles. The van der Waals surface area contributed by atoms with Crippen molar-refractivity contribution in [2.75, 3.05) is 33.6 Å². The Morgan fingerprint density at radius 2 is 1.60 bits per heavy atom. The first kappa shape index (κ1) is 30.8. The Kier molecular flexibility index (Phi) is 10.2. The third kappa shape index (κ3) is 6.79. The molecular formula is C33H45N3O7. The molecular weight excluding hydrogens is 550 g/mol. The molecule has 1 saturated heterocycles. The number of amides is 2. The van der Waals surface area contributed by atoms with Crippen molar-refractivity contribution in [1.82, 2.24) is 10.6 Å². The highest BCUT2D eigenvalue weighted by Gasteiger charge is 2.53. The summed E-state index contributed by atoms with van der Waals surface area (Å²) in [7, 11) is 1.50. The van der Waals surface area contributed by atoms with Gasteiger partial charge in [0.15, 0.2) is 23.0 Å². The van der Waals surface area contributed by atoms with Crippen LogP contribution in [0.15, 0.2) is 24.3 Å². The molecule has 2 aromatic rings. The van der Waals surface area contributed by atoms with Crippen LogP contribution in [-0.2, 0) is 9.53 Å². The number of cyclic esters (lactones) is 1. The van der Waals surface area contributed by atoms with Gasteiger partial charge in [-0.25, -0.2) is 4.79 Å². The number of nitrogens with two attached hydrogens (primary N) is 1. The van der Waals surface area contributed by atoms with E-state index in [1.165, 1.54) is 39.2 Å². The minimum atomic E-state index is -0.540. The van der Waals surface area contributed by atoms with Gasteiger partial charge in [-0.1, -0.05) is 51.0 Å². The van der Waals surface area contributed by atoms with Crippen molar-refractivity contribution in [3.63, 3.8) is 0 Å². The molecule has 10 nitrogen and oxygen atoms in total. The number of fused-ring (bicyclic) bond motifs is 3. The number of hydrogen-bond acceptors (Lipinski definition) is 8. The van der Waals surface area contributed by atoms with Crippen LogP contribution in [-0.4, -0.2) is 50.7 Å². The van der Waals surface area contributed by atoms with E-state index in [0.717, 1.165) is 48.9 Å². The summed E-state index contributed by atoms with van der Waals surface area (Å²) in [5.41, 5.74) is 8.72. The van der Waals surface area contributed by atoms with Crippen LogP contribution in [0.25, 0.3) is 0 Å². The van der Waals surface area contributed by atoms with Gasteiger partial charge in [-0.3, -0.25) is 4.79 Å². The molecule has 0 aromatic heterocycles. The van der Waals surface area contributed by atoms with Crippen molar-refractivity contribution in [2.24, 2.45) is 17.6 Å². The third-order valence-corrected chi connectivity index (χ3v) is 9.01. The molecule has 2 amide bonds. The lowest BCUT2D eigenvalue weighted by Gasteiger charge is -2.39. The zero-order chi connectivity index (χ0) is 30.3. The average Bonchev–Trinajstić information content (AvgIpc) is 3.62. The molecule has 5 N–H and O–H groups in total. The Morgan fingerprint density at radius 3 is 2.28 bits per heavy atom. The molecule has 10 heteroatoms. The Balaban J connectivity index is 1.29. The molecule has 2 aliphatic heterocycles. The van der Waals surface area contributed by atoms with Crippen LogP contribution in [0.2, 0.25) is 0 Å². The van der Waals surface area contributed by atoms with Gasteiger partial charge in [0, 0.05) is 18.4 Å². The predicted octanol–water partition coefficient (Wildman–Crippen LogP) is 5.18. The standard InChI is InChI=1S/C33H45N3O7/c1-20-14-21(15-27(40-2)31(20)37)28-22-16-25-26(43-19-42-25)17-23(22)30(24-18-41-32(38)29(24)28)36-33(39)35-13-11-9-7-5-3-4-6-8-10-12-34/h14-17,24,28-30,37H,3-13,18-19,34H2,1-2H3,(H2,35,36,39)/t24-,28?,29-,30+/m0/s1. The van der Waals surface area contributed by atoms with Crippen LogP contribution in [0.1, 0.15) is 92.0 Å². The zero-order valence-corrected chi connectivity index (χ0v) is 25.3. The number of methoxy groups -OCH3 is 1. The number of hydrogen-bond donors (Lipinski definition) is 4. The highest BCUT2D eigenvalue weighted by Crippen LogP contribution is 2.55. The summed E-state index contributed by atoms with van der Waals surface area (Å²) >= 11 is 0. The molecule has 1 fully saturated rings. The van der Waals surface area contributed by atoms with E-state index in [0.29, 0.717) is 29.4 Å². The van der Waals surface area contributed by atoms with E-state index in [-0.39, 0.29) is 43.0 Å². The number of urea groups is 1. The van der Waals surface area contributed by atoms with Crippen LogP contribution >= 0.6 is 0 Å². The molecule has 4 atom stereocenters. The van der Waals surface area contributed by atoms with Gasteiger partial charge in [0.1, 0.15) is 0 Å². The minimum Gasteiger partial charge on any atom is -0.504 e. The van der Waals surface area contributed by atoms with Crippen molar-refractivity contribution in [2.45, 2.75) is 76.7 Å². The van der Waals surface area contributed by atoms with Crippen LogP contribution in [0.3, 0.4) is 0 Å². The SMILES string of the molecule is COc1cc(C2c3cc4c(cc3[C@@H](NC(=O)NCCCCCCCCCCCN)[C@H]3COC(=O)[C@H]23)OCO4)cc(C)c1O. The molecule has 0 radical (unpaired) electrons. The van der Waals surface area contributed by atoms with E-state index in [2.05, 4.69) is 10.6 Å². The highest BCUT2D eigenvalue weighted by atomic mass is 16.7. The fourth-order valence-corrected chi connectivity index (χ4v) is 6.76. The van der Waals surface area contributed by atoms with Gasteiger partial charge >= 0.3 is 12.0 Å². The number of carbonyl (C=O) groups excluding carboxylic acids is 2. The summed E-state index contributed by atoms with van der Waals surface area (Å²) in [6.07, 6.45) is 10.5. The topological polar surface area (TPSA) is 141 Å². The molecule has 234 valence electrons. The number of carbonyl (C=O) groups is 2. The number of benzene rings is 2.